The number of hydrogen-bond acceptors (Lipinski definition) is 4. The monoisotopic (exact) mass is 461 g/mol. The molecule has 7 heteroatoms. The Kier molecular flexibility index (Phi) is 7.30. The van der Waals surface area contributed by atoms with Crippen molar-refractivity contribution in [3.05, 3.63) is 71.0 Å². The normalized spacial score (nSPS) is 23.1. The first-order valence-electron chi connectivity index (χ1n) is 11.5. The molecule has 174 valence electrons. The molecule has 2 aromatic carbocycles. The number of aliphatic hydroxyl groups is 1. The van der Waals surface area contributed by atoms with Gasteiger partial charge in [-0.1, -0.05) is 42.5 Å². The predicted octanol–water partition coefficient (Wildman–Crippen LogP) is 4.31. The van der Waals surface area contributed by atoms with Crippen LogP contribution >= 0.6 is 0 Å². The smallest absolute Gasteiger partial charge is 0.221 e. The van der Waals surface area contributed by atoms with E-state index >= 15 is 4.39 Å². The molecule has 0 saturated carbocycles. The molecule has 32 heavy (non-hydrogen) atoms. The van der Waals surface area contributed by atoms with E-state index in [0.29, 0.717) is 38.2 Å². The molecule has 0 aromatic heterocycles. The average molecular weight is 462 g/mol. The Labute approximate surface area is 190 Å². The molecule has 2 fully saturated rings. The van der Waals surface area contributed by atoms with Gasteiger partial charge in [-0.15, -0.1) is 0 Å². The summed E-state index contributed by atoms with van der Waals surface area (Å²) in [6, 6.07) is 14.5. The summed E-state index contributed by atoms with van der Waals surface area (Å²) < 4.78 is 48.7. The molecule has 2 aliphatic heterocycles. The van der Waals surface area contributed by atoms with Gasteiger partial charge in [0, 0.05) is 38.5 Å². The van der Waals surface area contributed by atoms with Gasteiger partial charge in [0.15, 0.2) is 0 Å². The van der Waals surface area contributed by atoms with Crippen molar-refractivity contribution in [1.29, 1.82) is 0 Å². The van der Waals surface area contributed by atoms with Crippen molar-refractivity contribution in [1.82, 2.24) is 4.31 Å². The van der Waals surface area contributed by atoms with Crippen molar-refractivity contribution in [3.8, 4) is 0 Å². The van der Waals surface area contributed by atoms with Crippen LogP contribution in [-0.2, 0) is 26.7 Å². The summed E-state index contributed by atoms with van der Waals surface area (Å²) in [5, 5.41) is 8.74. The third kappa shape index (κ3) is 4.76. The number of hydrogen-bond donors (Lipinski definition) is 1. The first-order valence-corrected chi connectivity index (χ1v) is 13.0. The fraction of sp³-hybridized carbons (Fsp3) is 0.520. The van der Waals surface area contributed by atoms with Gasteiger partial charge >= 0.3 is 0 Å². The van der Waals surface area contributed by atoms with Crippen LogP contribution in [0.5, 0.6) is 0 Å². The van der Waals surface area contributed by atoms with E-state index in [1.807, 2.05) is 36.4 Å². The van der Waals surface area contributed by atoms with Gasteiger partial charge in [0.05, 0.1) is 0 Å². The number of ether oxygens (including phenoxy) is 1. The van der Waals surface area contributed by atoms with Gasteiger partial charge in [0.1, 0.15) is 11.1 Å². The van der Waals surface area contributed by atoms with Crippen LogP contribution in [-0.4, -0.2) is 44.2 Å². The molecule has 2 aromatic rings. The van der Waals surface area contributed by atoms with E-state index in [-0.39, 0.29) is 24.4 Å². The van der Waals surface area contributed by atoms with Crippen molar-refractivity contribution in [2.75, 3.05) is 26.4 Å². The molecular formula is C25H32FNO4S. The van der Waals surface area contributed by atoms with E-state index in [2.05, 4.69) is 0 Å². The molecule has 2 aliphatic rings. The number of benzene rings is 2. The Bertz CT molecular complexity index is 1010. The highest BCUT2D eigenvalue weighted by atomic mass is 32.2. The predicted molar refractivity (Wildman–Crippen MR) is 122 cm³/mol. The molecule has 0 bridgehead atoms. The third-order valence-corrected chi connectivity index (χ3v) is 9.30. The van der Waals surface area contributed by atoms with E-state index in [0.717, 1.165) is 36.8 Å². The zero-order valence-electron chi connectivity index (χ0n) is 18.4. The van der Waals surface area contributed by atoms with Crippen LogP contribution in [0.15, 0.2) is 48.5 Å². The fourth-order valence-electron chi connectivity index (χ4n) is 5.14. The summed E-state index contributed by atoms with van der Waals surface area (Å²) in [7, 11) is -3.56. The van der Waals surface area contributed by atoms with Crippen LogP contribution in [0.25, 0.3) is 0 Å². The standard InChI is InChI=1S/C25H32FNO4S/c26-23-18-22(25(11-5-15-28)12-16-31-17-13-25)10-9-21(23)19-27-14-4-8-24(32(27,29)30)20-6-2-1-3-7-20/h1-3,6-7,9-10,18,24,28H,4-5,8,11-17,19H2/t24-/m1/s1. The quantitative estimate of drug-likeness (QED) is 0.667. The van der Waals surface area contributed by atoms with E-state index in [1.54, 1.807) is 12.1 Å². The van der Waals surface area contributed by atoms with Gasteiger partial charge < -0.3 is 9.84 Å². The van der Waals surface area contributed by atoms with Crippen molar-refractivity contribution < 1.29 is 22.7 Å². The molecule has 0 spiro atoms. The largest absolute Gasteiger partial charge is 0.396 e. The second kappa shape index (κ2) is 10.00. The summed E-state index contributed by atoms with van der Waals surface area (Å²) in [4.78, 5) is 0. The molecule has 0 aliphatic carbocycles. The summed E-state index contributed by atoms with van der Waals surface area (Å²) in [5.41, 5.74) is 1.91. The van der Waals surface area contributed by atoms with Crippen LogP contribution in [0, 0.1) is 5.82 Å². The van der Waals surface area contributed by atoms with Gasteiger partial charge in [-0.3, -0.25) is 0 Å². The Hall–Kier alpha value is -1.80. The molecule has 1 atom stereocenters. The number of sulfonamides is 1. The zero-order chi connectivity index (χ0) is 22.6. The first kappa shape index (κ1) is 23.4. The topological polar surface area (TPSA) is 66.8 Å². The van der Waals surface area contributed by atoms with Crippen LogP contribution in [0.4, 0.5) is 4.39 Å². The summed E-state index contributed by atoms with van der Waals surface area (Å²) in [6.45, 7) is 1.82. The van der Waals surface area contributed by atoms with Crippen molar-refractivity contribution >= 4 is 10.0 Å². The maximum absolute atomic E-state index is 15.2. The summed E-state index contributed by atoms with van der Waals surface area (Å²) in [6.07, 6.45) is 4.37. The fourth-order valence-corrected chi connectivity index (χ4v) is 7.17. The van der Waals surface area contributed by atoms with E-state index < -0.39 is 15.3 Å². The van der Waals surface area contributed by atoms with E-state index in [4.69, 9.17) is 4.74 Å². The molecule has 1 N–H and O–H groups in total. The number of halogens is 1. The third-order valence-electron chi connectivity index (χ3n) is 7.04. The summed E-state index contributed by atoms with van der Waals surface area (Å²) >= 11 is 0. The van der Waals surface area contributed by atoms with Crippen LogP contribution in [0.2, 0.25) is 0 Å². The van der Waals surface area contributed by atoms with Crippen molar-refractivity contribution in [3.63, 3.8) is 0 Å². The Balaban J connectivity index is 1.56. The number of rotatable bonds is 7. The molecule has 0 unspecified atom stereocenters. The first-order chi connectivity index (χ1) is 15.5. The Morgan fingerprint density at radius 2 is 1.88 bits per heavy atom. The molecular weight excluding hydrogens is 429 g/mol. The van der Waals surface area contributed by atoms with Crippen LogP contribution in [0.3, 0.4) is 0 Å². The van der Waals surface area contributed by atoms with Crippen LogP contribution < -0.4 is 0 Å². The molecule has 2 saturated heterocycles. The highest BCUT2D eigenvalue weighted by Crippen LogP contribution is 2.40. The lowest BCUT2D eigenvalue weighted by Gasteiger charge is -2.38. The van der Waals surface area contributed by atoms with E-state index in [1.165, 1.54) is 4.31 Å². The minimum absolute atomic E-state index is 0.0462. The van der Waals surface area contributed by atoms with Gasteiger partial charge in [-0.05, 0) is 61.1 Å². The lowest BCUT2D eigenvalue weighted by Crippen LogP contribution is -2.39. The molecule has 4 rings (SSSR count). The molecule has 0 amide bonds. The van der Waals surface area contributed by atoms with Gasteiger partial charge in [0.2, 0.25) is 10.0 Å². The summed E-state index contributed by atoms with van der Waals surface area (Å²) in [5.74, 6) is -0.366. The van der Waals surface area contributed by atoms with Crippen molar-refractivity contribution in [2.24, 2.45) is 0 Å². The van der Waals surface area contributed by atoms with Gasteiger partial charge in [-0.25, -0.2) is 12.8 Å². The molecule has 0 radical (unpaired) electrons. The Morgan fingerprint density at radius 1 is 1.12 bits per heavy atom. The second-order valence-corrected chi connectivity index (χ2v) is 11.1. The number of nitrogens with zero attached hydrogens (tertiary/aromatic N) is 1. The lowest BCUT2D eigenvalue weighted by molar-refractivity contribution is 0.0440. The maximum Gasteiger partial charge on any atom is 0.221 e. The zero-order valence-corrected chi connectivity index (χ0v) is 19.2. The maximum atomic E-state index is 15.2. The highest BCUT2D eigenvalue weighted by Gasteiger charge is 2.38. The van der Waals surface area contributed by atoms with Crippen molar-refractivity contribution in [2.45, 2.75) is 55.7 Å². The highest BCUT2D eigenvalue weighted by molar-refractivity contribution is 7.89. The Morgan fingerprint density at radius 3 is 2.56 bits per heavy atom. The van der Waals surface area contributed by atoms with E-state index in [9.17, 15) is 13.5 Å². The SMILES string of the molecule is O=S1(=O)[C@@H](c2ccccc2)CCCN1Cc1ccc(C2(CCCO)CCOCC2)cc1F. The van der Waals surface area contributed by atoms with Gasteiger partial charge in [-0.2, -0.15) is 4.31 Å². The molecule has 2 heterocycles. The second-order valence-electron chi connectivity index (χ2n) is 8.95. The number of aliphatic hydroxyl groups excluding tert-OH is 1. The minimum Gasteiger partial charge on any atom is -0.396 e. The minimum atomic E-state index is -3.56. The van der Waals surface area contributed by atoms with Crippen LogP contribution in [0.1, 0.15) is 60.5 Å². The van der Waals surface area contributed by atoms with Gasteiger partial charge in [0.25, 0.3) is 0 Å². The average Bonchev–Trinajstić information content (AvgIpc) is 2.81. The lowest BCUT2D eigenvalue weighted by atomic mass is 9.71. The molecule has 5 nitrogen and oxygen atoms in total.